The van der Waals surface area contributed by atoms with Crippen LogP contribution < -0.4 is 10.0 Å². The van der Waals surface area contributed by atoms with Crippen molar-refractivity contribution in [2.24, 2.45) is 5.73 Å². The predicted octanol–water partition coefficient (Wildman–Crippen LogP) is 1.92. The van der Waals surface area contributed by atoms with E-state index in [2.05, 4.69) is 0 Å². The average molecular weight is 304 g/mol. The molecule has 5 nitrogen and oxygen atoms in total. The second kappa shape index (κ2) is 5.57. The van der Waals surface area contributed by atoms with Crippen molar-refractivity contribution in [3.8, 4) is 0 Å². The summed E-state index contributed by atoms with van der Waals surface area (Å²) in [6, 6.07) is 12.9. The third-order valence-corrected chi connectivity index (χ3v) is 4.92. The highest BCUT2D eigenvalue weighted by molar-refractivity contribution is 7.92. The molecule has 2 N–H and O–H groups in total. The lowest BCUT2D eigenvalue weighted by Crippen LogP contribution is -2.27. The predicted molar refractivity (Wildman–Crippen MR) is 81.7 cm³/mol. The van der Waals surface area contributed by atoms with Crippen LogP contribution in [0.2, 0.25) is 0 Å². The molecule has 0 spiro atoms. The van der Waals surface area contributed by atoms with Crippen molar-refractivity contribution >= 4 is 21.6 Å². The number of rotatable bonds is 4. The van der Waals surface area contributed by atoms with Gasteiger partial charge >= 0.3 is 0 Å². The standard InChI is InChI=1S/C15H16N2O3S/c1-11-5-3-7-13(9-11)17(2)21(19,20)14-8-4-6-12(10-14)15(16)18/h3-10H,1-2H3,(H2,16,18). The molecule has 6 heteroatoms. The number of hydrogen-bond acceptors (Lipinski definition) is 3. The number of carbonyl (C=O) groups excluding carboxylic acids is 1. The number of anilines is 1. The second-order valence-electron chi connectivity index (χ2n) is 4.70. The summed E-state index contributed by atoms with van der Waals surface area (Å²) < 4.78 is 26.4. The molecule has 0 unspecified atom stereocenters. The second-order valence-corrected chi connectivity index (χ2v) is 6.67. The van der Waals surface area contributed by atoms with Gasteiger partial charge in [0.05, 0.1) is 10.6 Å². The highest BCUT2D eigenvalue weighted by Gasteiger charge is 2.22. The Morgan fingerprint density at radius 3 is 2.38 bits per heavy atom. The molecule has 21 heavy (non-hydrogen) atoms. The van der Waals surface area contributed by atoms with Crippen molar-refractivity contribution in [3.05, 3.63) is 59.7 Å². The number of amides is 1. The van der Waals surface area contributed by atoms with Crippen molar-refractivity contribution in [1.82, 2.24) is 0 Å². The number of nitrogens with two attached hydrogens (primary N) is 1. The Hall–Kier alpha value is -2.34. The van der Waals surface area contributed by atoms with Gasteiger partial charge in [0.25, 0.3) is 10.0 Å². The molecule has 0 atom stereocenters. The number of nitrogens with zero attached hydrogens (tertiary/aromatic N) is 1. The number of benzene rings is 2. The minimum absolute atomic E-state index is 0.0304. The van der Waals surface area contributed by atoms with Crippen LogP contribution in [0.15, 0.2) is 53.4 Å². The average Bonchev–Trinajstić information content (AvgIpc) is 2.46. The molecule has 110 valence electrons. The Labute approximate surface area is 124 Å². The van der Waals surface area contributed by atoms with Crippen LogP contribution in [0.4, 0.5) is 5.69 Å². The third-order valence-electron chi connectivity index (χ3n) is 3.14. The largest absolute Gasteiger partial charge is 0.366 e. The van der Waals surface area contributed by atoms with Crippen LogP contribution in [0.3, 0.4) is 0 Å². The molecule has 0 aliphatic carbocycles. The molecule has 0 saturated heterocycles. The van der Waals surface area contributed by atoms with Gasteiger partial charge in [-0.25, -0.2) is 8.42 Å². The first-order chi connectivity index (χ1) is 9.82. The fourth-order valence-corrected chi connectivity index (χ4v) is 3.16. The summed E-state index contributed by atoms with van der Waals surface area (Å²) in [5, 5.41) is 0. The topological polar surface area (TPSA) is 80.5 Å². The van der Waals surface area contributed by atoms with E-state index in [4.69, 9.17) is 5.73 Å². The molecular formula is C15H16N2O3S. The van der Waals surface area contributed by atoms with Gasteiger partial charge in [-0.3, -0.25) is 9.10 Å². The van der Waals surface area contributed by atoms with Crippen molar-refractivity contribution in [3.63, 3.8) is 0 Å². The van der Waals surface area contributed by atoms with E-state index in [1.165, 1.54) is 35.6 Å². The quantitative estimate of drug-likeness (QED) is 0.937. The first kappa shape index (κ1) is 15.1. The smallest absolute Gasteiger partial charge is 0.264 e. The van der Waals surface area contributed by atoms with Crippen molar-refractivity contribution < 1.29 is 13.2 Å². The molecule has 2 aromatic carbocycles. The van der Waals surface area contributed by atoms with Gasteiger partial charge in [-0.1, -0.05) is 18.2 Å². The monoisotopic (exact) mass is 304 g/mol. The van der Waals surface area contributed by atoms with E-state index in [-0.39, 0.29) is 10.5 Å². The van der Waals surface area contributed by atoms with Gasteiger partial charge < -0.3 is 5.73 Å². The van der Waals surface area contributed by atoms with E-state index in [9.17, 15) is 13.2 Å². The lowest BCUT2D eigenvalue weighted by Gasteiger charge is -2.20. The van der Waals surface area contributed by atoms with Crippen molar-refractivity contribution in [2.75, 3.05) is 11.4 Å². The van der Waals surface area contributed by atoms with E-state index < -0.39 is 15.9 Å². The Morgan fingerprint density at radius 1 is 1.10 bits per heavy atom. The van der Waals surface area contributed by atoms with Gasteiger partial charge in [-0.05, 0) is 42.8 Å². The van der Waals surface area contributed by atoms with Crippen LogP contribution in [0.25, 0.3) is 0 Å². The molecular weight excluding hydrogens is 288 g/mol. The molecule has 1 amide bonds. The maximum Gasteiger partial charge on any atom is 0.264 e. The van der Waals surface area contributed by atoms with Crippen molar-refractivity contribution in [1.29, 1.82) is 0 Å². The summed E-state index contributed by atoms with van der Waals surface area (Å²) in [5.41, 5.74) is 6.86. The molecule has 0 aliphatic heterocycles. The molecule has 0 fully saturated rings. The summed E-state index contributed by atoms with van der Waals surface area (Å²) in [7, 11) is -2.27. The lowest BCUT2D eigenvalue weighted by atomic mass is 10.2. The van der Waals surface area contributed by atoms with E-state index in [1.807, 2.05) is 13.0 Å². The fraction of sp³-hybridized carbons (Fsp3) is 0.133. The SMILES string of the molecule is Cc1cccc(N(C)S(=O)(=O)c2cccc(C(N)=O)c2)c1. The highest BCUT2D eigenvalue weighted by Crippen LogP contribution is 2.23. The van der Waals surface area contributed by atoms with Gasteiger partial charge in [-0.15, -0.1) is 0 Å². The van der Waals surface area contributed by atoms with Crippen LogP contribution in [0.1, 0.15) is 15.9 Å². The molecule has 0 aliphatic rings. The molecule has 0 aromatic heterocycles. The molecule has 0 heterocycles. The lowest BCUT2D eigenvalue weighted by molar-refractivity contribution is 0.1000. The van der Waals surface area contributed by atoms with Gasteiger partial charge in [0, 0.05) is 12.6 Å². The number of hydrogen-bond donors (Lipinski definition) is 1. The first-order valence-corrected chi connectivity index (χ1v) is 7.72. The normalized spacial score (nSPS) is 11.1. The third kappa shape index (κ3) is 3.05. The Kier molecular flexibility index (Phi) is 3.99. The van der Waals surface area contributed by atoms with Crippen LogP contribution in [0, 0.1) is 6.92 Å². The maximum atomic E-state index is 12.6. The van der Waals surface area contributed by atoms with Crippen molar-refractivity contribution in [2.45, 2.75) is 11.8 Å². The molecule has 0 radical (unpaired) electrons. The Balaban J connectivity index is 2.46. The zero-order valence-corrected chi connectivity index (χ0v) is 12.6. The van der Waals surface area contributed by atoms with Crippen LogP contribution >= 0.6 is 0 Å². The highest BCUT2D eigenvalue weighted by atomic mass is 32.2. The van der Waals surface area contributed by atoms with E-state index in [1.54, 1.807) is 18.2 Å². The van der Waals surface area contributed by atoms with Crippen LogP contribution in [0.5, 0.6) is 0 Å². The van der Waals surface area contributed by atoms with Crippen LogP contribution in [-0.4, -0.2) is 21.4 Å². The van der Waals surface area contributed by atoms with Gasteiger partial charge in [0.1, 0.15) is 0 Å². The number of sulfonamides is 1. The van der Waals surface area contributed by atoms with Gasteiger partial charge in [0.2, 0.25) is 5.91 Å². The van der Waals surface area contributed by atoms with E-state index in [0.29, 0.717) is 5.69 Å². The first-order valence-electron chi connectivity index (χ1n) is 6.28. The zero-order valence-electron chi connectivity index (χ0n) is 11.8. The minimum Gasteiger partial charge on any atom is -0.366 e. The van der Waals surface area contributed by atoms with Gasteiger partial charge in [0.15, 0.2) is 0 Å². The summed E-state index contributed by atoms with van der Waals surface area (Å²) in [4.78, 5) is 11.2. The summed E-state index contributed by atoms with van der Waals surface area (Å²) in [6.45, 7) is 1.89. The maximum absolute atomic E-state index is 12.6. The number of carbonyl (C=O) groups is 1. The Morgan fingerprint density at radius 2 is 1.76 bits per heavy atom. The van der Waals surface area contributed by atoms with E-state index in [0.717, 1.165) is 5.56 Å². The van der Waals surface area contributed by atoms with Crippen LogP contribution in [-0.2, 0) is 10.0 Å². The van der Waals surface area contributed by atoms with Gasteiger partial charge in [-0.2, -0.15) is 0 Å². The number of primary amides is 1. The molecule has 0 bridgehead atoms. The fourth-order valence-electron chi connectivity index (χ4n) is 1.93. The zero-order chi connectivity index (χ0) is 15.6. The summed E-state index contributed by atoms with van der Waals surface area (Å²) >= 11 is 0. The van der Waals surface area contributed by atoms with E-state index >= 15 is 0 Å². The summed E-state index contributed by atoms with van der Waals surface area (Å²) in [6.07, 6.45) is 0. The number of aryl methyl sites for hydroxylation is 1. The molecule has 2 rings (SSSR count). The summed E-state index contributed by atoms with van der Waals surface area (Å²) in [5.74, 6) is -0.662. The molecule has 0 saturated carbocycles. The molecule has 2 aromatic rings. The Bertz CT molecular complexity index is 785. The minimum atomic E-state index is -3.74.